The minimum atomic E-state index is -4.70. The monoisotopic (exact) mass is 602 g/mol. The van der Waals surface area contributed by atoms with Gasteiger partial charge >= 0.3 is 6.18 Å². The molecular weight excluding hydrogens is 569 g/mol. The van der Waals surface area contributed by atoms with Crippen molar-refractivity contribution in [1.29, 1.82) is 0 Å². The van der Waals surface area contributed by atoms with Crippen molar-refractivity contribution < 1.29 is 31.2 Å². The quantitative estimate of drug-likeness (QED) is 0.430. The van der Waals surface area contributed by atoms with E-state index in [2.05, 4.69) is 10.6 Å². The summed E-state index contributed by atoms with van der Waals surface area (Å²) < 4.78 is 66.9. The Labute approximate surface area is 237 Å². The predicted molar refractivity (Wildman–Crippen MR) is 147 cm³/mol. The maximum absolute atomic E-state index is 14.0. The van der Waals surface area contributed by atoms with Gasteiger partial charge in [0, 0.05) is 36.3 Å². The summed E-state index contributed by atoms with van der Waals surface area (Å²) in [7, 11) is -0.0519. The Morgan fingerprint density at radius 2 is 1.85 bits per heavy atom. The lowest BCUT2D eigenvalue weighted by molar-refractivity contribution is -0.138. The number of hydrogen-bond acceptors (Lipinski definition) is 6. The van der Waals surface area contributed by atoms with E-state index in [-0.39, 0.29) is 63.9 Å². The molecule has 0 radical (unpaired) electrons. The van der Waals surface area contributed by atoms with Gasteiger partial charge in [0.1, 0.15) is 0 Å². The molecule has 2 amide bonds. The van der Waals surface area contributed by atoms with Crippen LogP contribution in [0.2, 0.25) is 5.02 Å². The number of hydrogen-bond donors (Lipinski definition) is 2. The zero-order valence-electron chi connectivity index (χ0n) is 22.6. The molecule has 1 fully saturated rings. The Morgan fingerprint density at radius 3 is 2.50 bits per heavy atom. The predicted octanol–water partition coefficient (Wildman–Crippen LogP) is 3.72. The van der Waals surface area contributed by atoms with Gasteiger partial charge in [-0.15, -0.1) is 0 Å². The molecule has 0 saturated carbocycles. The van der Waals surface area contributed by atoms with Crippen molar-refractivity contribution in [1.82, 2.24) is 20.4 Å². The van der Waals surface area contributed by atoms with Crippen LogP contribution >= 0.6 is 11.6 Å². The number of piperidine rings is 1. The van der Waals surface area contributed by atoms with Gasteiger partial charge in [0.25, 0.3) is 5.91 Å². The first-order valence-corrected chi connectivity index (χ1v) is 14.9. The highest BCUT2D eigenvalue weighted by Crippen LogP contribution is 2.34. The first-order valence-electron chi connectivity index (χ1n) is 12.9. The number of nitrogens with one attached hydrogen (secondary N) is 2. The van der Waals surface area contributed by atoms with Crippen LogP contribution in [0.3, 0.4) is 0 Å². The summed E-state index contributed by atoms with van der Waals surface area (Å²) in [6.45, 7) is 2.50. The molecule has 2 aromatic carbocycles. The Bertz CT molecular complexity index is 1340. The van der Waals surface area contributed by atoms with E-state index < -0.39 is 27.5 Å². The van der Waals surface area contributed by atoms with Crippen molar-refractivity contribution in [3.8, 4) is 0 Å². The van der Waals surface area contributed by atoms with Crippen LogP contribution in [-0.4, -0.2) is 75.6 Å². The highest BCUT2D eigenvalue weighted by molar-refractivity contribution is 7.91. The van der Waals surface area contributed by atoms with E-state index in [1.54, 1.807) is 19.0 Å². The lowest BCUT2D eigenvalue weighted by Crippen LogP contribution is -2.49. The number of sulfone groups is 1. The molecule has 0 spiro atoms. The van der Waals surface area contributed by atoms with Gasteiger partial charge in [-0.2, -0.15) is 13.2 Å². The smallest absolute Gasteiger partial charge is 0.351 e. The van der Waals surface area contributed by atoms with E-state index in [0.29, 0.717) is 13.1 Å². The van der Waals surface area contributed by atoms with Gasteiger partial charge < -0.3 is 15.5 Å². The molecule has 0 aliphatic carbocycles. The van der Waals surface area contributed by atoms with Gasteiger partial charge in [-0.25, -0.2) is 8.42 Å². The van der Waals surface area contributed by atoms with Gasteiger partial charge in [0.2, 0.25) is 5.91 Å². The number of benzene rings is 2. The van der Waals surface area contributed by atoms with Crippen LogP contribution in [0.5, 0.6) is 0 Å². The number of rotatable bonds is 10. The van der Waals surface area contributed by atoms with Crippen LogP contribution in [0.1, 0.15) is 46.8 Å². The molecule has 1 aliphatic heterocycles. The first kappa shape index (κ1) is 31.9. The minimum Gasteiger partial charge on any atom is -0.351 e. The van der Waals surface area contributed by atoms with Gasteiger partial charge in [-0.05, 0) is 74.9 Å². The lowest BCUT2D eigenvalue weighted by atomic mass is 10.00. The maximum atomic E-state index is 14.0. The summed E-state index contributed by atoms with van der Waals surface area (Å²) in [5.41, 5.74) is -0.857. The van der Waals surface area contributed by atoms with Crippen molar-refractivity contribution >= 4 is 33.3 Å². The van der Waals surface area contributed by atoms with E-state index in [4.69, 9.17) is 11.6 Å². The molecule has 2 aromatic rings. The summed E-state index contributed by atoms with van der Waals surface area (Å²) in [5, 5.41) is 5.72. The average molecular weight is 603 g/mol. The van der Waals surface area contributed by atoms with Crippen LogP contribution in [-0.2, 0) is 33.9 Å². The second kappa shape index (κ2) is 13.3. The first-order chi connectivity index (χ1) is 18.7. The van der Waals surface area contributed by atoms with Crippen LogP contribution in [0.15, 0.2) is 41.3 Å². The van der Waals surface area contributed by atoms with E-state index in [1.807, 2.05) is 4.90 Å². The number of amides is 2. The zero-order valence-corrected chi connectivity index (χ0v) is 24.2. The standard InChI is InChI=1S/C27H34ClF3N4O4S/c1-4-40(38,39)24-10-9-21(28)12-20(24)14-32-26(37)18-7-8-19(23(13-18)27(29,30)31)15-35-11-5-6-22(16-35)33-25(36)17-34(2)3/h7-10,12-13,22H,4-6,11,14-17H2,1-3H3,(H,32,37)(H,33,36). The SMILES string of the molecule is CCS(=O)(=O)c1ccc(Cl)cc1CNC(=O)c1ccc(CN2CCCC(NC(=O)CN(C)C)C2)c(C(F)(F)F)c1. The van der Waals surface area contributed by atoms with Crippen molar-refractivity contribution in [3.05, 3.63) is 63.7 Å². The van der Waals surface area contributed by atoms with Crippen LogP contribution in [0.4, 0.5) is 13.2 Å². The molecule has 1 aliphatic rings. The summed E-state index contributed by atoms with van der Waals surface area (Å²) in [6.07, 6.45) is -3.22. The molecule has 0 aromatic heterocycles. The molecule has 1 atom stereocenters. The normalized spacial score (nSPS) is 16.6. The van der Waals surface area contributed by atoms with Crippen LogP contribution in [0.25, 0.3) is 0 Å². The summed E-state index contributed by atoms with van der Waals surface area (Å²) in [4.78, 5) is 28.6. The number of carbonyl (C=O) groups is 2. The van der Waals surface area contributed by atoms with Gasteiger partial charge in [0.05, 0.1) is 22.8 Å². The number of alkyl halides is 3. The Balaban J connectivity index is 1.75. The van der Waals surface area contributed by atoms with Gasteiger partial charge in [-0.1, -0.05) is 24.6 Å². The molecule has 3 rings (SSSR count). The van der Waals surface area contributed by atoms with Crippen LogP contribution in [0, 0.1) is 0 Å². The second-order valence-corrected chi connectivity index (χ2v) is 12.8. The number of likely N-dealkylation sites (N-methyl/N-ethyl adjacent to an activating group) is 1. The largest absolute Gasteiger partial charge is 0.416 e. The maximum Gasteiger partial charge on any atom is 0.416 e. The molecule has 1 saturated heterocycles. The van der Waals surface area contributed by atoms with Gasteiger partial charge in [-0.3, -0.25) is 14.5 Å². The minimum absolute atomic E-state index is 0.00349. The Hall–Kier alpha value is -2.67. The number of carbonyl (C=O) groups excluding carboxylic acids is 2. The fraction of sp³-hybridized carbons (Fsp3) is 0.481. The van der Waals surface area contributed by atoms with E-state index in [1.165, 1.54) is 37.3 Å². The molecule has 0 bridgehead atoms. The molecule has 2 N–H and O–H groups in total. The molecule has 1 unspecified atom stereocenters. The third-order valence-electron chi connectivity index (χ3n) is 6.58. The number of halogens is 4. The number of likely N-dealkylation sites (tertiary alicyclic amines) is 1. The third-order valence-corrected chi connectivity index (χ3v) is 8.64. The fourth-order valence-corrected chi connectivity index (χ4v) is 5.97. The Morgan fingerprint density at radius 1 is 1.12 bits per heavy atom. The van der Waals surface area contributed by atoms with Crippen LogP contribution < -0.4 is 10.6 Å². The van der Waals surface area contributed by atoms with E-state index >= 15 is 0 Å². The highest BCUT2D eigenvalue weighted by Gasteiger charge is 2.35. The highest BCUT2D eigenvalue weighted by atomic mass is 35.5. The summed E-state index contributed by atoms with van der Waals surface area (Å²) in [5.74, 6) is -1.08. The molecule has 220 valence electrons. The van der Waals surface area contributed by atoms with E-state index in [9.17, 15) is 31.2 Å². The Kier molecular flexibility index (Phi) is 10.6. The zero-order chi connectivity index (χ0) is 29.7. The van der Waals surface area contributed by atoms with E-state index in [0.717, 1.165) is 18.9 Å². The molecular formula is C27H34ClF3N4O4S. The van der Waals surface area contributed by atoms with Crippen molar-refractivity contribution in [2.45, 2.75) is 50.0 Å². The lowest BCUT2D eigenvalue weighted by Gasteiger charge is -2.34. The topological polar surface area (TPSA) is 98.8 Å². The number of nitrogens with zero attached hydrogens (tertiary/aromatic N) is 2. The average Bonchev–Trinajstić information content (AvgIpc) is 2.86. The van der Waals surface area contributed by atoms with Gasteiger partial charge in [0.15, 0.2) is 9.84 Å². The summed E-state index contributed by atoms with van der Waals surface area (Å²) >= 11 is 6.01. The van der Waals surface area contributed by atoms with Crippen molar-refractivity contribution in [2.24, 2.45) is 0 Å². The molecule has 40 heavy (non-hydrogen) atoms. The molecule has 13 heteroatoms. The third kappa shape index (κ3) is 8.66. The summed E-state index contributed by atoms with van der Waals surface area (Å²) in [6, 6.07) is 7.44. The molecule has 8 nitrogen and oxygen atoms in total. The van der Waals surface area contributed by atoms with Crippen molar-refractivity contribution in [2.75, 3.05) is 39.5 Å². The van der Waals surface area contributed by atoms with Crippen molar-refractivity contribution in [3.63, 3.8) is 0 Å². The molecule has 1 heterocycles. The fourth-order valence-electron chi connectivity index (χ4n) is 4.66. The second-order valence-electron chi connectivity index (χ2n) is 10.1.